The maximum atomic E-state index is 12.4. The largest absolute Gasteiger partial charge is 0.435 e. The summed E-state index contributed by atoms with van der Waals surface area (Å²) in [6.45, 7) is -2.76. The van der Waals surface area contributed by atoms with Crippen LogP contribution in [-0.4, -0.2) is 23.6 Å². The quantitative estimate of drug-likeness (QED) is 0.447. The second-order valence-corrected chi connectivity index (χ2v) is 5.93. The van der Waals surface area contributed by atoms with Gasteiger partial charge in [-0.3, -0.25) is 14.8 Å². The van der Waals surface area contributed by atoms with Gasteiger partial charge >= 0.3 is 6.61 Å². The second-order valence-electron chi connectivity index (χ2n) is 5.93. The first-order valence-corrected chi connectivity index (χ1v) is 8.26. The molecule has 0 aliphatic carbocycles. The van der Waals surface area contributed by atoms with E-state index in [0.29, 0.717) is 11.1 Å². The second kappa shape index (κ2) is 8.45. The molecule has 0 aliphatic heterocycles. The molecule has 3 aromatic rings. The summed E-state index contributed by atoms with van der Waals surface area (Å²) in [5.41, 5.74) is 2.89. The van der Waals surface area contributed by atoms with E-state index in [4.69, 9.17) is 5.21 Å². The Balaban J connectivity index is 1.70. The van der Waals surface area contributed by atoms with Crippen molar-refractivity contribution < 1.29 is 28.3 Å². The topological polar surface area (TPSA) is 87.7 Å². The van der Waals surface area contributed by atoms with Crippen molar-refractivity contribution in [3.8, 4) is 5.75 Å². The summed E-state index contributed by atoms with van der Waals surface area (Å²) >= 11 is 0. The van der Waals surface area contributed by atoms with E-state index < -0.39 is 12.5 Å². The number of rotatable bonds is 6. The highest BCUT2D eigenvalue weighted by Gasteiger charge is 2.10. The van der Waals surface area contributed by atoms with Crippen molar-refractivity contribution in [3.63, 3.8) is 0 Å². The van der Waals surface area contributed by atoms with Crippen LogP contribution in [0.2, 0.25) is 0 Å². The van der Waals surface area contributed by atoms with E-state index in [2.05, 4.69) is 10.1 Å². The van der Waals surface area contributed by atoms with Gasteiger partial charge in [0.05, 0.1) is 0 Å². The van der Waals surface area contributed by atoms with Gasteiger partial charge in [0, 0.05) is 17.7 Å². The molecular formula is C20H16F2N2O4. The maximum absolute atomic E-state index is 12.4. The molecule has 3 rings (SSSR count). The van der Waals surface area contributed by atoms with Gasteiger partial charge < -0.3 is 10.1 Å². The number of alkyl halides is 2. The number of benzene rings is 3. The minimum absolute atomic E-state index is 0.0233. The molecule has 0 aliphatic rings. The fraction of sp³-hybridized carbons (Fsp3) is 0.100. The first-order valence-electron chi connectivity index (χ1n) is 8.26. The number of nitrogens with one attached hydrogen (secondary N) is 2. The highest BCUT2D eigenvalue weighted by molar-refractivity contribution is 6.01. The molecule has 0 bridgehead atoms. The molecule has 3 N–H and O–H groups in total. The van der Waals surface area contributed by atoms with Crippen molar-refractivity contribution in [3.05, 3.63) is 77.4 Å². The minimum atomic E-state index is -2.91. The summed E-state index contributed by atoms with van der Waals surface area (Å²) in [6.07, 6.45) is 0. The lowest BCUT2D eigenvalue weighted by molar-refractivity contribution is -0.0498. The van der Waals surface area contributed by atoms with E-state index in [1.165, 1.54) is 18.2 Å². The summed E-state index contributed by atoms with van der Waals surface area (Å²) in [4.78, 5) is 23.8. The molecule has 144 valence electrons. The predicted molar refractivity (Wildman–Crippen MR) is 97.4 cm³/mol. The molecule has 0 unspecified atom stereocenters. The highest BCUT2D eigenvalue weighted by atomic mass is 19.3. The number of hydrogen-bond donors (Lipinski definition) is 3. The Morgan fingerprint density at radius 3 is 2.18 bits per heavy atom. The van der Waals surface area contributed by atoms with Gasteiger partial charge in [0.2, 0.25) is 0 Å². The molecule has 0 fully saturated rings. The van der Waals surface area contributed by atoms with Crippen molar-refractivity contribution >= 4 is 22.6 Å². The van der Waals surface area contributed by atoms with Crippen LogP contribution in [0.4, 0.5) is 8.78 Å². The smallest absolute Gasteiger partial charge is 0.387 e. The summed E-state index contributed by atoms with van der Waals surface area (Å²) in [5, 5.41) is 12.9. The van der Waals surface area contributed by atoms with Gasteiger partial charge in [0.15, 0.2) is 0 Å². The number of hydrogen-bond acceptors (Lipinski definition) is 4. The molecular weight excluding hydrogens is 370 g/mol. The van der Waals surface area contributed by atoms with Crippen LogP contribution in [0.5, 0.6) is 5.75 Å². The third kappa shape index (κ3) is 4.60. The van der Waals surface area contributed by atoms with Crippen LogP contribution in [0.15, 0.2) is 60.7 Å². The molecule has 0 spiro atoms. The molecule has 3 aromatic carbocycles. The lowest BCUT2D eigenvalue weighted by Gasteiger charge is -2.09. The van der Waals surface area contributed by atoms with Crippen molar-refractivity contribution in [1.82, 2.24) is 10.8 Å². The number of carbonyl (C=O) groups is 2. The Morgan fingerprint density at radius 2 is 1.57 bits per heavy atom. The Kier molecular flexibility index (Phi) is 5.81. The molecule has 0 radical (unpaired) electrons. The molecule has 0 heterocycles. The standard InChI is InChI=1S/C20H16F2N2O4/c21-20(22)28-17-3-1-2-12(8-17)11-23-18(25)15-6-4-14-10-16(19(26)24-27)7-5-13(14)9-15/h1-10,20,27H,11H2,(H,23,25)(H,24,26). The molecule has 0 atom stereocenters. The Hall–Kier alpha value is -3.52. The number of halogens is 2. The van der Waals surface area contributed by atoms with Gasteiger partial charge in [-0.05, 0) is 52.7 Å². The zero-order valence-corrected chi connectivity index (χ0v) is 14.5. The SMILES string of the molecule is O=C(NO)c1ccc2cc(C(=O)NCc3cccc(OC(F)F)c3)ccc2c1. The molecule has 6 nitrogen and oxygen atoms in total. The van der Waals surface area contributed by atoms with Crippen LogP contribution >= 0.6 is 0 Å². The fourth-order valence-electron chi connectivity index (χ4n) is 2.71. The lowest BCUT2D eigenvalue weighted by atomic mass is 10.0. The van der Waals surface area contributed by atoms with Gasteiger partial charge in [-0.25, -0.2) is 5.48 Å². The number of fused-ring (bicyclic) bond motifs is 1. The van der Waals surface area contributed by atoms with E-state index in [0.717, 1.165) is 10.8 Å². The van der Waals surface area contributed by atoms with E-state index in [1.807, 2.05) is 0 Å². The molecule has 0 saturated heterocycles. The van der Waals surface area contributed by atoms with E-state index in [-0.39, 0.29) is 23.8 Å². The monoisotopic (exact) mass is 386 g/mol. The summed E-state index contributed by atoms with van der Waals surface area (Å²) in [6, 6.07) is 15.9. The van der Waals surface area contributed by atoms with E-state index in [1.54, 1.807) is 47.9 Å². The molecule has 2 amide bonds. The van der Waals surface area contributed by atoms with Gasteiger partial charge in [0.25, 0.3) is 11.8 Å². The summed E-state index contributed by atoms with van der Waals surface area (Å²) < 4.78 is 28.9. The first-order chi connectivity index (χ1) is 13.5. The van der Waals surface area contributed by atoms with Gasteiger partial charge in [-0.15, -0.1) is 0 Å². The highest BCUT2D eigenvalue weighted by Crippen LogP contribution is 2.19. The number of carbonyl (C=O) groups excluding carboxylic acids is 2. The average Bonchev–Trinajstić information content (AvgIpc) is 2.70. The van der Waals surface area contributed by atoms with Crippen molar-refractivity contribution in [2.24, 2.45) is 0 Å². The van der Waals surface area contributed by atoms with E-state index in [9.17, 15) is 18.4 Å². The molecule has 0 aromatic heterocycles. The van der Waals surface area contributed by atoms with Crippen LogP contribution in [0.1, 0.15) is 26.3 Å². The lowest BCUT2D eigenvalue weighted by Crippen LogP contribution is -2.22. The van der Waals surface area contributed by atoms with Gasteiger partial charge in [-0.2, -0.15) is 8.78 Å². The minimum Gasteiger partial charge on any atom is -0.435 e. The van der Waals surface area contributed by atoms with Crippen LogP contribution in [0.3, 0.4) is 0 Å². The van der Waals surface area contributed by atoms with Gasteiger partial charge in [-0.1, -0.05) is 24.3 Å². The Morgan fingerprint density at radius 1 is 0.929 bits per heavy atom. The predicted octanol–water partition coefficient (Wildman–Crippen LogP) is 3.49. The van der Waals surface area contributed by atoms with Crippen molar-refractivity contribution in [2.75, 3.05) is 0 Å². The number of hydroxylamine groups is 1. The molecule has 28 heavy (non-hydrogen) atoms. The van der Waals surface area contributed by atoms with Crippen molar-refractivity contribution in [2.45, 2.75) is 13.2 Å². The Bertz CT molecular complexity index is 1020. The van der Waals surface area contributed by atoms with E-state index >= 15 is 0 Å². The average molecular weight is 386 g/mol. The van der Waals surface area contributed by atoms with Crippen LogP contribution in [0, 0.1) is 0 Å². The zero-order chi connectivity index (χ0) is 20.1. The zero-order valence-electron chi connectivity index (χ0n) is 14.5. The maximum Gasteiger partial charge on any atom is 0.387 e. The van der Waals surface area contributed by atoms with Crippen LogP contribution in [0.25, 0.3) is 10.8 Å². The van der Waals surface area contributed by atoms with Gasteiger partial charge in [0.1, 0.15) is 5.75 Å². The van der Waals surface area contributed by atoms with Crippen molar-refractivity contribution in [1.29, 1.82) is 0 Å². The van der Waals surface area contributed by atoms with Crippen LogP contribution < -0.4 is 15.5 Å². The third-order valence-corrected chi connectivity index (χ3v) is 4.04. The fourth-order valence-corrected chi connectivity index (χ4v) is 2.71. The molecule has 8 heteroatoms. The Labute approximate surface area is 158 Å². The number of amides is 2. The number of ether oxygens (including phenoxy) is 1. The summed E-state index contributed by atoms with van der Waals surface area (Å²) in [5.74, 6) is -0.934. The normalized spacial score (nSPS) is 10.7. The van der Waals surface area contributed by atoms with Crippen LogP contribution in [-0.2, 0) is 6.54 Å². The summed E-state index contributed by atoms with van der Waals surface area (Å²) in [7, 11) is 0. The first kappa shape index (κ1) is 19.2. The molecule has 0 saturated carbocycles. The third-order valence-electron chi connectivity index (χ3n) is 4.04.